The van der Waals surface area contributed by atoms with Crippen LogP contribution >= 0.6 is 0 Å². The van der Waals surface area contributed by atoms with Crippen LogP contribution in [-0.2, 0) is 0 Å². The number of hydrogen-bond acceptors (Lipinski definition) is 2. The van der Waals surface area contributed by atoms with E-state index in [-0.39, 0.29) is 0 Å². The van der Waals surface area contributed by atoms with Crippen LogP contribution in [0.2, 0.25) is 0 Å². The molecular weight excluding hydrogens is 667 g/mol. The molecule has 0 bridgehead atoms. The van der Waals surface area contributed by atoms with Crippen molar-refractivity contribution in [2.45, 2.75) is 0 Å². The van der Waals surface area contributed by atoms with Gasteiger partial charge < -0.3 is 0 Å². The lowest BCUT2D eigenvalue weighted by Gasteiger charge is -2.17. The quantitative estimate of drug-likeness (QED) is 0.166. The van der Waals surface area contributed by atoms with Gasteiger partial charge in [-0.15, -0.1) is 0 Å². The minimum atomic E-state index is 0.677. The number of hydrogen-bond donors (Lipinski definition) is 0. The van der Waals surface area contributed by atoms with Crippen LogP contribution in [0.15, 0.2) is 212 Å². The Kier molecular flexibility index (Phi) is 8.16. The van der Waals surface area contributed by atoms with Gasteiger partial charge in [0.05, 0.1) is 16.7 Å². The summed E-state index contributed by atoms with van der Waals surface area (Å²) in [5.74, 6) is 1.48. The van der Waals surface area contributed by atoms with Crippen molar-refractivity contribution in [1.29, 1.82) is 0 Å². The smallest absolute Gasteiger partial charge is 0.162 e. The van der Waals surface area contributed by atoms with E-state index in [1.165, 1.54) is 11.1 Å². The molecule has 0 aliphatic rings. The molecule has 2 heterocycles. The van der Waals surface area contributed by atoms with E-state index in [0.717, 1.165) is 77.8 Å². The van der Waals surface area contributed by atoms with Gasteiger partial charge in [0.25, 0.3) is 0 Å². The molecule has 0 N–H and O–H groups in total. The van der Waals surface area contributed by atoms with Crippen LogP contribution < -0.4 is 0 Å². The second-order valence-electron chi connectivity index (χ2n) is 13.8. The Morgan fingerprint density at radius 3 is 1.07 bits per heavy atom. The zero-order valence-corrected chi connectivity index (χ0v) is 30.0. The maximum atomic E-state index is 5.45. The molecule has 0 aliphatic heterocycles. The van der Waals surface area contributed by atoms with Crippen LogP contribution in [0.25, 0.3) is 94.8 Å². The van der Waals surface area contributed by atoms with Crippen LogP contribution in [0, 0.1) is 0 Å². The molecule has 0 saturated carbocycles. The Morgan fingerprint density at radius 1 is 0.291 bits per heavy atom. The monoisotopic (exact) mass is 701 g/mol. The molecule has 0 spiro atoms. The summed E-state index contributed by atoms with van der Waals surface area (Å²) in [6.45, 7) is 0. The van der Waals surface area contributed by atoms with E-state index in [1.54, 1.807) is 0 Å². The van der Waals surface area contributed by atoms with Gasteiger partial charge in [0.2, 0.25) is 0 Å². The van der Waals surface area contributed by atoms with Crippen LogP contribution in [0.4, 0.5) is 0 Å². The molecule has 0 fully saturated rings. The molecule has 3 heteroatoms. The van der Waals surface area contributed by atoms with Gasteiger partial charge in [-0.2, -0.15) is 0 Å². The van der Waals surface area contributed by atoms with E-state index >= 15 is 0 Å². The molecule has 0 atom stereocenters. The van der Waals surface area contributed by atoms with E-state index in [0.29, 0.717) is 5.82 Å². The third-order valence-electron chi connectivity index (χ3n) is 10.4. The summed E-state index contributed by atoms with van der Waals surface area (Å²) in [7, 11) is 0. The highest BCUT2D eigenvalue weighted by atomic mass is 15.1. The largest absolute Gasteiger partial charge is 0.292 e. The minimum absolute atomic E-state index is 0.677. The first-order chi connectivity index (χ1) is 27.3. The SMILES string of the molecule is c1ccc(-c2cc(-c3ccccc3)c3c(c2)c2cc(-c4ccccc4)cc(-c4ccccc4)c2n3-c2cc(-c3ccccc3)nc(-c3ccccc3)n2)cc1. The Bertz CT molecular complexity index is 2720. The number of benzene rings is 8. The highest BCUT2D eigenvalue weighted by Gasteiger charge is 2.24. The highest BCUT2D eigenvalue weighted by Crippen LogP contribution is 2.46. The van der Waals surface area contributed by atoms with Gasteiger partial charge >= 0.3 is 0 Å². The number of nitrogens with zero attached hydrogens (tertiary/aromatic N) is 3. The van der Waals surface area contributed by atoms with Gasteiger partial charge in [-0.1, -0.05) is 182 Å². The zero-order valence-electron chi connectivity index (χ0n) is 30.0. The fourth-order valence-electron chi connectivity index (χ4n) is 7.79. The molecular formula is C52H35N3. The molecule has 3 nitrogen and oxygen atoms in total. The van der Waals surface area contributed by atoms with E-state index < -0.39 is 0 Å². The molecule has 10 rings (SSSR count). The first kappa shape index (κ1) is 32.3. The Hall–Kier alpha value is -7.36. The van der Waals surface area contributed by atoms with E-state index in [2.05, 4.69) is 193 Å². The van der Waals surface area contributed by atoms with Gasteiger partial charge in [0.1, 0.15) is 5.82 Å². The second kappa shape index (κ2) is 13.9. The number of fused-ring (bicyclic) bond motifs is 3. The lowest BCUT2D eigenvalue weighted by Crippen LogP contribution is -2.04. The van der Waals surface area contributed by atoms with Crippen LogP contribution in [0.5, 0.6) is 0 Å². The molecule has 0 saturated heterocycles. The second-order valence-corrected chi connectivity index (χ2v) is 13.8. The highest BCUT2D eigenvalue weighted by molar-refractivity contribution is 6.19. The fourth-order valence-corrected chi connectivity index (χ4v) is 7.79. The summed E-state index contributed by atoms with van der Waals surface area (Å²) in [6.07, 6.45) is 0. The summed E-state index contributed by atoms with van der Waals surface area (Å²) in [6, 6.07) is 75.2. The standard InChI is InChI=1S/C52H35N3/c1-7-19-36(20-8-1)42-31-44(38-23-11-3-12-24-38)50-46(33-42)47-34-43(37-21-9-2-10-22-37)32-45(39-25-13-4-14-26-39)51(47)55(50)49-35-48(40-27-15-5-16-28-40)53-52(54-49)41-29-17-6-18-30-41/h1-35H. The fraction of sp³-hybridized carbons (Fsp3) is 0. The van der Waals surface area contributed by atoms with Crippen molar-refractivity contribution in [3.63, 3.8) is 0 Å². The summed E-state index contributed by atoms with van der Waals surface area (Å²) < 4.78 is 2.40. The van der Waals surface area contributed by atoms with Crippen molar-refractivity contribution in [1.82, 2.24) is 14.5 Å². The molecule has 0 aliphatic carbocycles. The first-order valence-corrected chi connectivity index (χ1v) is 18.7. The summed E-state index contributed by atoms with van der Waals surface area (Å²) in [5, 5.41) is 2.32. The van der Waals surface area contributed by atoms with Crippen LogP contribution in [0.1, 0.15) is 0 Å². The molecule has 0 unspecified atom stereocenters. The Balaban J connectivity index is 1.42. The van der Waals surface area contributed by atoms with Crippen molar-refractivity contribution in [2.24, 2.45) is 0 Å². The molecule has 0 amide bonds. The molecule has 10 aromatic rings. The van der Waals surface area contributed by atoms with Gasteiger partial charge in [0.15, 0.2) is 5.82 Å². The number of rotatable bonds is 7. The van der Waals surface area contributed by atoms with Gasteiger partial charge in [-0.3, -0.25) is 4.57 Å². The third kappa shape index (κ3) is 5.98. The van der Waals surface area contributed by atoms with E-state index in [4.69, 9.17) is 9.97 Å². The van der Waals surface area contributed by atoms with Crippen molar-refractivity contribution in [3.8, 4) is 73.0 Å². The van der Waals surface area contributed by atoms with Crippen molar-refractivity contribution < 1.29 is 0 Å². The topological polar surface area (TPSA) is 30.7 Å². The number of aromatic nitrogens is 3. The summed E-state index contributed by atoms with van der Waals surface area (Å²) in [4.78, 5) is 10.6. The van der Waals surface area contributed by atoms with Gasteiger partial charge in [0, 0.05) is 39.1 Å². The molecule has 2 aromatic heterocycles. The van der Waals surface area contributed by atoms with Crippen molar-refractivity contribution in [3.05, 3.63) is 212 Å². The summed E-state index contributed by atoms with van der Waals surface area (Å²) >= 11 is 0. The Morgan fingerprint density at radius 2 is 0.655 bits per heavy atom. The van der Waals surface area contributed by atoms with Crippen molar-refractivity contribution in [2.75, 3.05) is 0 Å². The first-order valence-electron chi connectivity index (χ1n) is 18.7. The lowest BCUT2D eigenvalue weighted by molar-refractivity contribution is 1.05. The normalized spacial score (nSPS) is 11.3. The molecule has 55 heavy (non-hydrogen) atoms. The van der Waals surface area contributed by atoms with Gasteiger partial charge in [-0.05, 0) is 57.6 Å². The van der Waals surface area contributed by atoms with Gasteiger partial charge in [-0.25, -0.2) is 9.97 Å². The van der Waals surface area contributed by atoms with E-state index in [9.17, 15) is 0 Å². The zero-order chi connectivity index (χ0) is 36.6. The maximum Gasteiger partial charge on any atom is 0.162 e. The average molecular weight is 702 g/mol. The third-order valence-corrected chi connectivity index (χ3v) is 10.4. The van der Waals surface area contributed by atoms with E-state index in [1.807, 2.05) is 24.3 Å². The minimum Gasteiger partial charge on any atom is -0.292 e. The Labute approximate surface area is 320 Å². The van der Waals surface area contributed by atoms with Crippen molar-refractivity contribution >= 4 is 21.8 Å². The maximum absolute atomic E-state index is 5.45. The summed E-state index contributed by atoms with van der Waals surface area (Å²) in [5.41, 5.74) is 14.3. The van der Waals surface area contributed by atoms with Crippen LogP contribution in [0.3, 0.4) is 0 Å². The lowest BCUT2D eigenvalue weighted by atomic mass is 9.93. The molecule has 258 valence electrons. The molecule has 8 aromatic carbocycles. The average Bonchev–Trinajstić information content (AvgIpc) is 3.62. The predicted octanol–water partition coefficient (Wildman–Crippen LogP) is 13.6. The molecule has 0 radical (unpaired) electrons. The van der Waals surface area contributed by atoms with Crippen LogP contribution in [-0.4, -0.2) is 14.5 Å². The predicted molar refractivity (Wildman–Crippen MR) is 229 cm³/mol.